The highest BCUT2D eigenvalue weighted by molar-refractivity contribution is 5.89. The fraction of sp³-hybridized carbons (Fsp3) is 0.409. The van der Waals surface area contributed by atoms with E-state index in [0.29, 0.717) is 19.6 Å². The van der Waals surface area contributed by atoms with E-state index in [9.17, 15) is 9.59 Å². The van der Waals surface area contributed by atoms with Crippen LogP contribution in [0.2, 0.25) is 0 Å². The third kappa shape index (κ3) is 4.01. The van der Waals surface area contributed by atoms with Crippen molar-refractivity contribution in [3.8, 4) is 5.75 Å². The molecule has 1 aromatic heterocycles. The number of hydrogen-bond donors (Lipinski definition) is 1. The number of nitrogens with one attached hydrogen (secondary N) is 1. The Morgan fingerprint density at radius 2 is 2.18 bits per heavy atom. The molecule has 1 saturated heterocycles. The molecule has 0 saturated carbocycles. The van der Waals surface area contributed by atoms with E-state index in [0.717, 1.165) is 23.3 Å². The molecule has 0 radical (unpaired) electrons. The topological polar surface area (TPSA) is 71.5 Å². The van der Waals surface area contributed by atoms with Gasteiger partial charge in [0.05, 0.1) is 5.92 Å². The zero-order chi connectivity index (χ0) is 19.7. The predicted octanol–water partition coefficient (Wildman–Crippen LogP) is 2.46. The lowest BCUT2D eigenvalue weighted by molar-refractivity contribution is -0.129. The normalized spacial score (nSPS) is 20.0. The summed E-state index contributed by atoms with van der Waals surface area (Å²) in [7, 11) is 0. The number of aromatic nitrogens is 1. The molecule has 1 atom stereocenters. The summed E-state index contributed by atoms with van der Waals surface area (Å²) in [5, 5.41) is 2.99. The summed E-state index contributed by atoms with van der Waals surface area (Å²) in [5.74, 6) is 0.563. The van der Waals surface area contributed by atoms with Crippen LogP contribution in [0, 0.1) is 5.92 Å². The van der Waals surface area contributed by atoms with Crippen molar-refractivity contribution in [2.24, 2.45) is 5.92 Å². The smallest absolute Gasteiger partial charge is 0.225 e. The lowest BCUT2D eigenvalue weighted by Gasteiger charge is -2.16. The first-order valence-electron chi connectivity index (χ1n) is 9.65. The number of likely N-dealkylation sites (tertiary alicyclic amines) is 1. The number of carbonyl (C=O) groups excluding carboxylic acids is 2. The maximum Gasteiger partial charge on any atom is 0.225 e. The van der Waals surface area contributed by atoms with Gasteiger partial charge in [0.25, 0.3) is 0 Å². The summed E-state index contributed by atoms with van der Waals surface area (Å²) in [4.78, 5) is 30.6. The van der Waals surface area contributed by atoms with Gasteiger partial charge in [-0.2, -0.15) is 0 Å². The quantitative estimate of drug-likeness (QED) is 0.866. The van der Waals surface area contributed by atoms with Crippen molar-refractivity contribution in [3.63, 3.8) is 0 Å². The average molecular weight is 379 g/mol. The molecule has 1 fully saturated rings. The van der Waals surface area contributed by atoms with Gasteiger partial charge in [-0.1, -0.05) is 18.2 Å². The van der Waals surface area contributed by atoms with Crippen LogP contribution in [0.5, 0.6) is 5.75 Å². The Balaban J connectivity index is 1.32. The Bertz CT molecular complexity index is 895. The summed E-state index contributed by atoms with van der Waals surface area (Å²) in [6.45, 7) is 5.55. The molecular formula is C22H25N3O3. The van der Waals surface area contributed by atoms with Crippen molar-refractivity contribution in [1.82, 2.24) is 15.2 Å². The van der Waals surface area contributed by atoms with E-state index in [2.05, 4.69) is 30.2 Å². The molecule has 2 aliphatic rings. The fourth-order valence-corrected chi connectivity index (χ4v) is 3.92. The average Bonchev–Trinajstić information content (AvgIpc) is 3.18. The van der Waals surface area contributed by atoms with Crippen LogP contribution in [0.25, 0.3) is 0 Å². The standard InChI is InChI=1S/C22H25N3O3/c1-22(2)10-17-8-15(5-6-19(17)28-22)12-24-21(27)18-9-20(26)25(14-18)13-16-4-3-7-23-11-16/h3-8,11,18H,9-10,12-14H2,1-2H3,(H,24,27). The first kappa shape index (κ1) is 18.5. The monoisotopic (exact) mass is 379 g/mol. The van der Waals surface area contributed by atoms with Gasteiger partial charge in [-0.15, -0.1) is 0 Å². The molecule has 2 aliphatic heterocycles. The van der Waals surface area contributed by atoms with Gasteiger partial charge in [-0.25, -0.2) is 0 Å². The minimum absolute atomic E-state index is 0.0147. The van der Waals surface area contributed by atoms with Crippen LogP contribution in [0.15, 0.2) is 42.7 Å². The van der Waals surface area contributed by atoms with Gasteiger partial charge in [0.2, 0.25) is 11.8 Å². The molecule has 6 nitrogen and oxygen atoms in total. The first-order chi connectivity index (χ1) is 13.4. The van der Waals surface area contributed by atoms with E-state index < -0.39 is 0 Å². The molecule has 2 aromatic rings. The van der Waals surface area contributed by atoms with Gasteiger partial charge in [0.1, 0.15) is 11.4 Å². The van der Waals surface area contributed by atoms with Crippen LogP contribution in [-0.2, 0) is 29.1 Å². The summed E-state index contributed by atoms with van der Waals surface area (Å²) in [6, 6.07) is 9.84. The largest absolute Gasteiger partial charge is 0.487 e. The molecule has 1 N–H and O–H groups in total. The summed E-state index contributed by atoms with van der Waals surface area (Å²) in [6.07, 6.45) is 4.58. The summed E-state index contributed by atoms with van der Waals surface area (Å²) >= 11 is 0. The van der Waals surface area contributed by atoms with E-state index in [4.69, 9.17) is 4.74 Å². The van der Waals surface area contributed by atoms with E-state index in [1.54, 1.807) is 17.3 Å². The number of hydrogen-bond acceptors (Lipinski definition) is 4. The second kappa shape index (κ2) is 7.26. The van der Waals surface area contributed by atoms with Crippen LogP contribution in [0.4, 0.5) is 0 Å². The van der Waals surface area contributed by atoms with Gasteiger partial charge < -0.3 is 15.0 Å². The van der Waals surface area contributed by atoms with Gasteiger partial charge in [0, 0.05) is 44.9 Å². The number of carbonyl (C=O) groups is 2. The van der Waals surface area contributed by atoms with Crippen LogP contribution < -0.4 is 10.1 Å². The SMILES string of the molecule is CC1(C)Cc2cc(CNC(=O)C3CC(=O)N(Cc4cccnc4)C3)ccc2O1. The summed E-state index contributed by atoms with van der Waals surface area (Å²) in [5.41, 5.74) is 3.02. The molecule has 2 amide bonds. The molecule has 3 heterocycles. The van der Waals surface area contributed by atoms with Crippen LogP contribution in [0.1, 0.15) is 37.0 Å². The van der Waals surface area contributed by atoms with E-state index >= 15 is 0 Å². The van der Waals surface area contributed by atoms with Gasteiger partial charge in [0.15, 0.2) is 0 Å². The number of ether oxygens (including phenoxy) is 1. The molecule has 6 heteroatoms. The minimum atomic E-state index is -0.305. The Morgan fingerprint density at radius 1 is 1.32 bits per heavy atom. The Labute approximate surface area is 164 Å². The second-order valence-corrected chi connectivity index (χ2v) is 8.23. The minimum Gasteiger partial charge on any atom is -0.487 e. The van der Waals surface area contributed by atoms with Crippen molar-refractivity contribution in [2.75, 3.05) is 6.54 Å². The van der Waals surface area contributed by atoms with E-state index in [1.807, 2.05) is 24.3 Å². The first-order valence-corrected chi connectivity index (χ1v) is 9.65. The molecule has 4 rings (SSSR count). The third-order valence-electron chi connectivity index (χ3n) is 5.28. The third-order valence-corrected chi connectivity index (χ3v) is 5.28. The predicted molar refractivity (Wildman–Crippen MR) is 104 cm³/mol. The van der Waals surface area contributed by atoms with Crippen molar-refractivity contribution >= 4 is 11.8 Å². The summed E-state index contributed by atoms with van der Waals surface area (Å²) < 4.78 is 5.89. The number of fused-ring (bicyclic) bond motifs is 1. The molecule has 1 aromatic carbocycles. The Kier molecular flexibility index (Phi) is 4.79. The lowest BCUT2D eigenvalue weighted by Crippen LogP contribution is -2.32. The van der Waals surface area contributed by atoms with Crippen LogP contribution >= 0.6 is 0 Å². The molecule has 146 valence electrons. The van der Waals surface area contributed by atoms with Crippen LogP contribution in [-0.4, -0.2) is 33.8 Å². The second-order valence-electron chi connectivity index (χ2n) is 8.23. The molecule has 1 unspecified atom stereocenters. The lowest BCUT2D eigenvalue weighted by atomic mass is 10.00. The van der Waals surface area contributed by atoms with Gasteiger partial charge in [-0.05, 0) is 42.7 Å². The Morgan fingerprint density at radius 3 is 2.96 bits per heavy atom. The van der Waals surface area contributed by atoms with E-state index in [1.165, 1.54) is 5.56 Å². The number of nitrogens with zero attached hydrogens (tertiary/aromatic N) is 2. The van der Waals surface area contributed by atoms with Crippen molar-refractivity contribution < 1.29 is 14.3 Å². The van der Waals surface area contributed by atoms with Crippen molar-refractivity contribution in [2.45, 2.75) is 45.4 Å². The van der Waals surface area contributed by atoms with Crippen molar-refractivity contribution in [1.29, 1.82) is 0 Å². The fourth-order valence-electron chi connectivity index (χ4n) is 3.92. The number of rotatable bonds is 5. The molecule has 0 spiro atoms. The van der Waals surface area contributed by atoms with E-state index in [-0.39, 0.29) is 29.8 Å². The zero-order valence-electron chi connectivity index (χ0n) is 16.3. The molecule has 28 heavy (non-hydrogen) atoms. The number of pyridine rings is 1. The maximum atomic E-state index is 12.6. The Hall–Kier alpha value is -2.89. The van der Waals surface area contributed by atoms with Crippen LogP contribution in [0.3, 0.4) is 0 Å². The number of amides is 2. The number of benzene rings is 1. The van der Waals surface area contributed by atoms with Gasteiger partial charge >= 0.3 is 0 Å². The highest BCUT2D eigenvalue weighted by Crippen LogP contribution is 2.35. The maximum absolute atomic E-state index is 12.6. The van der Waals surface area contributed by atoms with Crippen molar-refractivity contribution in [3.05, 3.63) is 59.4 Å². The molecular weight excluding hydrogens is 354 g/mol. The highest BCUT2D eigenvalue weighted by atomic mass is 16.5. The molecule has 0 aliphatic carbocycles. The highest BCUT2D eigenvalue weighted by Gasteiger charge is 2.34. The zero-order valence-corrected chi connectivity index (χ0v) is 16.3. The molecule has 0 bridgehead atoms. The van der Waals surface area contributed by atoms with Gasteiger partial charge in [-0.3, -0.25) is 14.6 Å².